The van der Waals surface area contributed by atoms with Gasteiger partial charge in [0.2, 0.25) is 5.91 Å². The summed E-state index contributed by atoms with van der Waals surface area (Å²) in [4.78, 5) is 12.0. The molecule has 1 rings (SSSR count). The van der Waals surface area contributed by atoms with E-state index >= 15 is 0 Å². The number of rotatable bonds is 6. The van der Waals surface area contributed by atoms with E-state index in [0.29, 0.717) is 19.4 Å². The van der Waals surface area contributed by atoms with Crippen LogP contribution in [-0.2, 0) is 18.3 Å². The van der Waals surface area contributed by atoms with Crippen molar-refractivity contribution in [1.29, 1.82) is 5.26 Å². The summed E-state index contributed by atoms with van der Waals surface area (Å²) in [5, 5.41) is 16.1. The molecule has 0 saturated heterocycles. The first-order valence-corrected chi connectivity index (χ1v) is 6.26. The molecule has 0 aliphatic carbocycles. The molecule has 0 atom stereocenters. The van der Waals surface area contributed by atoms with Gasteiger partial charge < -0.3 is 5.32 Å². The number of aromatic nitrogens is 2. The van der Waals surface area contributed by atoms with E-state index in [1.54, 1.807) is 10.9 Å². The summed E-state index contributed by atoms with van der Waals surface area (Å²) in [6.07, 6.45) is 3.53. The predicted molar refractivity (Wildman–Crippen MR) is 68.5 cm³/mol. The summed E-state index contributed by atoms with van der Waals surface area (Å²) >= 11 is 0. The minimum atomic E-state index is -0.882. The van der Waals surface area contributed by atoms with E-state index in [9.17, 15) is 4.79 Å². The number of hydrogen-bond donors (Lipinski definition) is 1. The molecule has 0 aliphatic heterocycles. The van der Waals surface area contributed by atoms with Gasteiger partial charge in [-0.15, -0.1) is 0 Å². The van der Waals surface area contributed by atoms with Crippen molar-refractivity contribution in [2.45, 2.75) is 33.1 Å². The zero-order valence-corrected chi connectivity index (χ0v) is 11.2. The van der Waals surface area contributed by atoms with Gasteiger partial charge in [-0.3, -0.25) is 9.48 Å². The molecule has 0 bridgehead atoms. The lowest BCUT2D eigenvalue weighted by Crippen LogP contribution is -2.40. The summed E-state index contributed by atoms with van der Waals surface area (Å²) in [5.74, 6) is -0.169. The molecule has 5 heteroatoms. The Morgan fingerprint density at radius 2 is 2.22 bits per heavy atom. The average Bonchev–Trinajstić information content (AvgIpc) is 2.78. The highest BCUT2D eigenvalue weighted by molar-refractivity contribution is 5.85. The summed E-state index contributed by atoms with van der Waals surface area (Å²) in [6.45, 7) is 4.27. The Balaban J connectivity index is 2.51. The summed E-state index contributed by atoms with van der Waals surface area (Å²) in [5.41, 5.74) is 0.178. The van der Waals surface area contributed by atoms with Crippen molar-refractivity contribution < 1.29 is 4.79 Å². The summed E-state index contributed by atoms with van der Waals surface area (Å²) in [7, 11) is 1.87. The quantitative estimate of drug-likeness (QED) is 0.827. The first kappa shape index (κ1) is 14.2. The number of amides is 1. The Morgan fingerprint density at radius 1 is 1.56 bits per heavy atom. The molecule has 1 N–H and O–H groups in total. The van der Waals surface area contributed by atoms with Crippen molar-refractivity contribution in [3.8, 4) is 6.07 Å². The maximum absolute atomic E-state index is 12.0. The molecule has 0 spiro atoms. The molecule has 5 nitrogen and oxygen atoms in total. The minimum Gasteiger partial charge on any atom is -0.354 e. The van der Waals surface area contributed by atoms with Crippen LogP contribution in [0.5, 0.6) is 0 Å². The number of nitriles is 1. The Bertz CT molecular complexity index is 440. The fourth-order valence-corrected chi connectivity index (χ4v) is 1.90. The molecule has 0 radical (unpaired) electrons. The molecule has 0 aromatic carbocycles. The Morgan fingerprint density at radius 3 is 2.67 bits per heavy atom. The van der Waals surface area contributed by atoms with Gasteiger partial charge in [0, 0.05) is 31.9 Å². The van der Waals surface area contributed by atoms with Crippen LogP contribution in [0.15, 0.2) is 12.3 Å². The molecule has 98 valence electrons. The number of carbonyl (C=O) groups excluding carboxylic acids is 1. The van der Waals surface area contributed by atoms with Crippen LogP contribution in [-0.4, -0.2) is 22.2 Å². The largest absolute Gasteiger partial charge is 0.354 e. The van der Waals surface area contributed by atoms with Crippen molar-refractivity contribution in [2.24, 2.45) is 12.5 Å². The van der Waals surface area contributed by atoms with Crippen LogP contribution in [0.25, 0.3) is 0 Å². The second kappa shape index (κ2) is 6.20. The number of hydrogen-bond acceptors (Lipinski definition) is 3. The molecular formula is C13H20N4O. The first-order valence-electron chi connectivity index (χ1n) is 6.26. The second-order valence-corrected chi connectivity index (χ2v) is 4.35. The topological polar surface area (TPSA) is 70.7 Å². The molecule has 1 heterocycles. The van der Waals surface area contributed by atoms with Gasteiger partial charge in [-0.2, -0.15) is 10.4 Å². The van der Waals surface area contributed by atoms with Crippen molar-refractivity contribution in [1.82, 2.24) is 15.1 Å². The number of carbonyl (C=O) groups is 1. The average molecular weight is 248 g/mol. The zero-order valence-electron chi connectivity index (χ0n) is 11.2. The van der Waals surface area contributed by atoms with E-state index in [1.807, 2.05) is 27.0 Å². The lowest BCUT2D eigenvalue weighted by molar-refractivity contribution is -0.128. The molecule has 1 amide bonds. The van der Waals surface area contributed by atoms with E-state index in [2.05, 4.69) is 16.5 Å². The highest BCUT2D eigenvalue weighted by Gasteiger charge is 2.34. The highest BCUT2D eigenvalue weighted by Crippen LogP contribution is 2.25. The van der Waals surface area contributed by atoms with E-state index in [-0.39, 0.29) is 5.91 Å². The van der Waals surface area contributed by atoms with E-state index < -0.39 is 5.41 Å². The van der Waals surface area contributed by atoms with Gasteiger partial charge in [0.05, 0.1) is 6.07 Å². The minimum absolute atomic E-state index is 0.169. The second-order valence-electron chi connectivity index (χ2n) is 4.35. The van der Waals surface area contributed by atoms with E-state index in [4.69, 9.17) is 5.26 Å². The zero-order chi connectivity index (χ0) is 13.6. The van der Waals surface area contributed by atoms with Crippen molar-refractivity contribution in [3.05, 3.63) is 18.0 Å². The van der Waals surface area contributed by atoms with Gasteiger partial charge in [-0.25, -0.2) is 0 Å². The van der Waals surface area contributed by atoms with Gasteiger partial charge in [-0.05, 0) is 18.9 Å². The van der Waals surface area contributed by atoms with E-state index in [1.165, 1.54) is 0 Å². The Kier molecular flexibility index (Phi) is 4.90. The van der Waals surface area contributed by atoms with Crippen LogP contribution in [0.1, 0.15) is 32.4 Å². The third-order valence-corrected chi connectivity index (χ3v) is 3.44. The number of aryl methyl sites for hydroxylation is 1. The van der Waals surface area contributed by atoms with Gasteiger partial charge in [0.1, 0.15) is 5.41 Å². The van der Waals surface area contributed by atoms with Crippen molar-refractivity contribution in [2.75, 3.05) is 6.54 Å². The monoisotopic (exact) mass is 248 g/mol. The van der Waals surface area contributed by atoms with E-state index in [0.717, 1.165) is 12.1 Å². The fourth-order valence-electron chi connectivity index (χ4n) is 1.90. The van der Waals surface area contributed by atoms with Gasteiger partial charge in [0.25, 0.3) is 0 Å². The smallest absolute Gasteiger partial charge is 0.240 e. The maximum Gasteiger partial charge on any atom is 0.240 e. The van der Waals surface area contributed by atoms with Gasteiger partial charge >= 0.3 is 0 Å². The predicted octanol–water partition coefficient (Wildman–Crippen LogP) is 1.41. The van der Waals surface area contributed by atoms with Gasteiger partial charge in [0.15, 0.2) is 0 Å². The van der Waals surface area contributed by atoms with Crippen LogP contribution < -0.4 is 5.32 Å². The first-order chi connectivity index (χ1) is 8.59. The normalized spacial score (nSPS) is 11.0. The molecule has 0 saturated carbocycles. The lowest BCUT2D eigenvalue weighted by Gasteiger charge is -2.22. The molecule has 18 heavy (non-hydrogen) atoms. The maximum atomic E-state index is 12.0. The van der Waals surface area contributed by atoms with Crippen LogP contribution in [0, 0.1) is 16.7 Å². The van der Waals surface area contributed by atoms with Crippen LogP contribution >= 0.6 is 0 Å². The Labute approximate surface area is 108 Å². The summed E-state index contributed by atoms with van der Waals surface area (Å²) in [6, 6.07) is 4.06. The third kappa shape index (κ3) is 2.89. The molecular weight excluding hydrogens is 228 g/mol. The molecule has 0 fully saturated rings. The molecule has 0 unspecified atom stereocenters. The van der Waals surface area contributed by atoms with Gasteiger partial charge in [-0.1, -0.05) is 13.8 Å². The molecule has 1 aromatic rings. The lowest BCUT2D eigenvalue weighted by atomic mass is 9.83. The summed E-state index contributed by atoms with van der Waals surface area (Å²) < 4.78 is 1.78. The standard InChI is InChI=1S/C13H20N4O/c1-4-13(5-2,10-14)12(18)15-8-6-11-7-9-16-17(11)3/h7,9H,4-6,8H2,1-3H3,(H,15,18). The third-order valence-electron chi connectivity index (χ3n) is 3.44. The van der Waals surface area contributed by atoms with Crippen molar-refractivity contribution in [3.63, 3.8) is 0 Å². The molecule has 0 aliphatic rings. The Hall–Kier alpha value is -1.83. The fraction of sp³-hybridized carbons (Fsp3) is 0.615. The number of nitrogens with one attached hydrogen (secondary N) is 1. The SMILES string of the molecule is CCC(C#N)(CC)C(=O)NCCc1ccnn1C. The van der Waals surface area contributed by atoms with Crippen LogP contribution in [0.2, 0.25) is 0 Å². The van der Waals surface area contributed by atoms with Crippen molar-refractivity contribution >= 4 is 5.91 Å². The van der Waals surface area contributed by atoms with Crippen LogP contribution in [0.4, 0.5) is 0 Å². The highest BCUT2D eigenvalue weighted by atomic mass is 16.2. The van der Waals surface area contributed by atoms with Crippen LogP contribution in [0.3, 0.4) is 0 Å². The number of nitrogens with zero attached hydrogens (tertiary/aromatic N) is 3. The molecule has 1 aromatic heterocycles.